The molecule has 2 bridgehead atoms. The van der Waals surface area contributed by atoms with Crippen LogP contribution in [0.3, 0.4) is 0 Å². The van der Waals surface area contributed by atoms with Crippen LogP contribution < -0.4 is 9.47 Å². The van der Waals surface area contributed by atoms with Gasteiger partial charge in [-0.1, -0.05) is 24.3 Å². The average Bonchev–Trinajstić information content (AvgIpc) is 2.63. The SMILES string of the molecule is COc1cccc(-c2ccc(OC3CN4CCC3CC4)cc2)c1. The van der Waals surface area contributed by atoms with Crippen LogP contribution in [0.4, 0.5) is 0 Å². The molecule has 0 saturated carbocycles. The van der Waals surface area contributed by atoms with Gasteiger partial charge >= 0.3 is 0 Å². The van der Waals surface area contributed by atoms with E-state index in [0.717, 1.165) is 24.0 Å². The van der Waals surface area contributed by atoms with Crippen LogP contribution in [-0.4, -0.2) is 37.7 Å². The number of hydrogen-bond acceptors (Lipinski definition) is 3. The molecule has 2 aromatic rings. The summed E-state index contributed by atoms with van der Waals surface area (Å²) in [7, 11) is 1.70. The Morgan fingerprint density at radius 2 is 1.70 bits per heavy atom. The van der Waals surface area contributed by atoms with Crippen molar-refractivity contribution in [2.24, 2.45) is 5.92 Å². The summed E-state index contributed by atoms with van der Waals surface area (Å²) in [4.78, 5) is 2.52. The van der Waals surface area contributed by atoms with Gasteiger partial charge in [-0.2, -0.15) is 0 Å². The molecule has 0 N–H and O–H groups in total. The smallest absolute Gasteiger partial charge is 0.119 e. The van der Waals surface area contributed by atoms with Gasteiger partial charge in [0.05, 0.1) is 7.11 Å². The molecular weight excluding hydrogens is 286 g/mol. The van der Waals surface area contributed by atoms with Crippen molar-refractivity contribution in [2.75, 3.05) is 26.7 Å². The Bertz CT molecular complexity index is 660. The van der Waals surface area contributed by atoms with E-state index < -0.39 is 0 Å². The van der Waals surface area contributed by atoms with Gasteiger partial charge in [0.2, 0.25) is 0 Å². The lowest BCUT2D eigenvalue weighted by atomic mass is 9.86. The summed E-state index contributed by atoms with van der Waals surface area (Å²) in [6.45, 7) is 3.58. The van der Waals surface area contributed by atoms with E-state index in [0.29, 0.717) is 6.10 Å². The molecule has 3 aliphatic rings. The van der Waals surface area contributed by atoms with Crippen molar-refractivity contribution in [1.29, 1.82) is 0 Å². The van der Waals surface area contributed by atoms with Crippen molar-refractivity contribution in [3.8, 4) is 22.6 Å². The fourth-order valence-electron chi connectivity index (χ4n) is 3.75. The molecule has 23 heavy (non-hydrogen) atoms. The van der Waals surface area contributed by atoms with Crippen LogP contribution in [-0.2, 0) is 0 Å². The maximum Gasteiger partial charge on any atom is 0.119 e. The number of methoxy groups -OCH3 is 1. The summed E-state index contributed by atoms with van der Waals surface area (Å²) < 4.78 is 11.6. The molecule has 1 atom stereocenters. The Balaban J connectivity index is 1.47. The molecule has 3 aliphatic heterocycles. The lowest BCUT2D eigenvalue weighted by molar-refractivity contribution is -0.00775. The minimum atomic E-state index is 0.361. The molecule has 0 aliphatic carbocycles. The predicted molar refractivity (Wildman–Crippen MR) is 92.0 cm³/mol. The first-order chi connectivity index (χ1) is 11.3. The van der Waals surface area contributed by atoms with Crippen molar-refractivity contribution in [3.05, 3.63) is 48.5 Å². The lowest BCUT2D eigenvalue weighted by Gasteiger charge is -2.44. The van der Waals surface area contributed by atoms with Crippen LogP contribution in [0.2, 0.25) is 0 Å². The van der Waals surface area contributed by atoms with Crippen molar-refractivity contribution in [1.82, 2.24) is 4.90 Å². The van der Waals surface area contributed by atoms with Gasteiger partial charge in [-0.3, -0.25) is 4.90 Å². The van der Waals surface area contributed by atoms with E-state index in [4.69, 9.17) is 9.47 Å². The van der Waals surface area contributed by atoms with Crippen molar-refractivity contribution >= 4 is 0 Å². The molecule has 3 heterocycles. The number of piperidine rings is 3. The van der Waals surface area contributed by atoms with Crippen LogP contribution in [0, 0.1) is 5.92 Å². The summed E-state index contributed by atoms with van der Waals surface area (Å²) in [6, 6.07) is 16.6. The van der Waals surface area contributed by atoms with Gasteiger partial charge in [-0.15, -0.1) is 0 Å². The number of hydrogen-bond donors (Lipinski definition) is 0. The largest absolute Gasteiger partial charge is 0.497 e. The second-order valence-electron chi connectivity index (χ2n) is 6.55. The fourth-order valence-corrected chi connectivity index (χ4v) is 3.75. The third kappa shape index (κ3) is 3.06. The summed E-state index contributed by atoms with van der Waals surface area (Å²) >= 11 is 0. The minimum Gasteiger partial charge on any atom is -0.497 e. The number of fused-ring (bicyclic) bond motifs is 3. The summed E-state index contributed by atoms with van der Waals surface area (Å²) in [5, 5.41) is 0. The van der Waals surface area contributed by atoms with Gasteiger partial charge in [0.15, 0.2) is 0 Å². The van der Waals surface area contributed by atoms with E-state index in [2.05, 4.69) is 41.3 Å². The molecular formula is C20H23NO2. The Hall–Kier alpha value is -2.00. The highest BCUT2D eigenvalue weighted by atomic mass is 16.5. The minimum absolute atomic E-state index is 0.361. The molecule has 3 saturated heterocycles. The topological polar surface area (TPSA) is 21.7 Å². The van der Waals surface area contributed by atoms with Gasteiger partial charge < -0.3 is 9.47 Å². The highest BCUT2D eigenvalue weighted by molar-refractivity contribution is 5.65. The highest BCUT2D eigenvalue weighted by Gasteiger charge is 2.35. The number of nitrogens with zero attached hydrogens (tertiary/aromatic N) is 1. The Kier molecular flexibility index (Phi) is 3.96. The molecule has 0 radical (unpaired) electrons. The van der Waals surface area contributed by atoms with Crippen LogP contribution in [0.5, 0.6) is 11.5 Å². The molecule has 3 nitrogen and oxygen atoms in total. The molecule has 1 unspecified atom stereocenters. The highest BCUT2D eigenvalue weighted by Crippen LogP contribution is 2.31. The first-order valence-corrected chi connectivity index (χ1v) is 8.45. The molecule has 5 rings (SSSR count). The second-order valence-corrected chi connectivity index (χ2v) is 6.55. The zero-order valence-corrected chi connectivity index (χ0v) is 13.6. The van der Waals surface area contributed by atoms with E-state index in [-0.39, 0.29) is 0 Å². The average molecular weight is 309 g/mol. The van der Waals surface area contributed by atoms with Gasteiger partial charge in [-0.05, 0) is 67.2 Å². The standard InChI is InChI=1S/C20H23NO2/c1-22-19-4-2-3-17(13-19)15-5-7-18(8-6-15)23-20-14-21-11-9-16(20)10-12-21/h2-8,13,16,20H,9-12,14H2,1H3. The molecule has 120 valence electrons. The monoisotopic (exact) mass is 309 g/mol. The predicted octanol–water partition coefficient (Wildman–Crippen LogP) is 3.84. The fraction of sp³-hybridized carbons (Fsp3) is 0.400. The van der Waals surface area contributed by atoms with Gasteiger partial charge in [0.1, 0.15) is 17.6 Å². The third-order valence-corrected chi connectivity index (χ3v) is 5.14. The number of benzene rings is 2. The Morgan fingerprint density at radius 3 is 2.35 bits per heavy atom. The maximum absolute atomic E-state index is 6.26. The molecule has 0 spiro atoms. The zero-order chi connectivity index (χ0) is 15.6. The quantitative estimate of drug-likeness (QED) is 0.856. The summed E-state index contributed by atoms with van der Waals surface area (Å²) in [6.07, 6.45) is 2.93. The first kappa shape index (κ1) is 14.6. The Morgan fingerprint density at radius 1 is 0.913 bits per heavy atom. The van der Waals surface area contributed by atoms with E-state index in [1.807, 2.05) is 12.1 Å². The van der Waals surface area contributed by atoms with Gasteiger partial charge in [0, 0.05) is 6.54 Å². The van der Waals surface area contributed by atoms with Gasteiger partial charge in [-0.25, -0.2) is 0 Å². The number of ether oxygens (including phenoxy) is 2. The summed E-state index contributed by atoms with van der Waals surface area (Å²) in [5.41, 5.74) is 2.35. The Labute approximate surface area is 137 Å². The first-order valence-electron chi connectivity index (χ1n) is 8.45. The van der Waals surface area contributed by atoms with E-state index in [1.54, 1.807) is 7.11 Å². The van der Waals surface area contributed by atoms with E-state index >= 15 is 0 Å². The molecule has 0 aromatic heterocycles. The second kappa shape index (κ2) is 6.25. The molecule has 2 aromatic carbocycles. The van der Waals surface area contributed by atoms with Crippen molar-refractivity contribution in [3.63, 3.8) is 0 Å². The van der Waals surface area contributed by atoms with Gasteiger partial charge in [0.25, 0.3) is 0 Å². The summed E-state index contributed by atoms with van der Waals surface area (Å²) in [5.74, 6) is 2.60. The van der Waals surface area contributed by atoms with E-state index in [9.17, 15) is 0 Å². The normalized spacial score (nSPS) is 26.0. The van der Waals surface area contributed by atoms with Crippen LogP contribution in [0.1, 0.15) is 12.8 Å². The molecule has 0 amide bonds. The van der Waals surface area contributed by atoms with Crippen LogP contribution in [0.15, 0.2) is 48.5 Å². The van der Waals surface area contributed by atoms with Crippen molar-refractivity contribution in [2.45, 2.75) is 18.9 Å². The zero-order valence-electron chi connectivity index (χ0n) is 13.6. The molecule has 3 fully saturated rings. The maximum atomic E-state index is 6.26. The third-order valence-electron chi connectivity index (χ3n) is 5.14. The lowest BCUT2D eigenvalue weighted by Crippen LogP contribution is -2.52. The van der Waals surface area contributed by atoms with Crippen molar-refractivity contribution < 1.29 is 9.47 Å². The number of rotatable bonds is 4. The van der Waals surface area contributed by atoms with Crippen LogP contribution >= 0.6 is 0 Å². The van der Waals surface area contributed by atoms with Crippen LogP contribution in [0.25, 0.3) is 11.1 Å². The molecule has 3 heteroatoms. The van der Waals surface area contributed by atoms with E-state index in [1.165, 1.54) is 37.1 Å².